The van der Waals surface area contributed by atoms with Crippen LogP contribution in [0.15, 0.2) is 52.3 Å². The Labute approximate surface area is 118 Å². The zero-order valence-corrected chi connectivity index (χ0v) is 12.2. The van der Waals surface area contributed by atoms with Crippen LogP contribution in [0.25, 0.3) is 0 Å². The molecule has 0 radical (unpaired) electrons. The van der Waals surface area contributed by atoms with E-state index < -0.39 is 0 Å². The van der Waals surface area contributed by atoms with Gasteiger partial charge in [-0.25, -0.2) is 0 Å². The van der Waals surface area contributed by atoms with Crippen molar-refractivity contribution >= 4 is 34.4 Å². The van der Waals surface area contributed by atoms with E-state index >= 15 is 0 Å². The summed E-state index contributed by atoms with van der Waals surface area (Å²) in [5.41, 5.74) is 0. The number of hydrogen-bond acceptors (Lipinski definition) is 3. The van der Waals surface area contributed by atoms with Gasteiger partial charge in [0, 0.05) is 8.47 Å². The number of aromatic hydroxyl groups is 1. The average molecular weight is 358 g/mol. The summed E-state index contributed by atoms with van der Waals surface area (Å²) in [6, 6.07) is 13.2. The van der Waals surface area contributed by atoms with Gasteiger partial charge < -0.3 is 9.84 Å². The van der Waals surface area contributed by atoms with Crippen LogP contribution in [-0.4, -0.2) is 12.2 Å². The molecular weight excluding hydrogens is 347 g/mol. The molecule has 2 aromatic rings. The highest BCUT2D eigenvalue weighted by Crippen LogP contribution is 2.36. The summed E-state index contributed by atoms with van der Waals surface area (Å²) in [6.07, 6.45) is 0. The molecular formula is C13H11IO2S. The molecule has 0 unspecified atom stereocenters. The Morgan fingerprint density at radius 3 is 2.47 bits per heavy atom. The fraction of sp³-hybridized carbons (Fsp3) is 0.0769. The summed E-state index contributed by atoms with van der Waals surface area (Å²) in [4.78, 5) is 2.14. The van der Waals surface area contributed by atoms with Gasteiger partial charge >= 0.3 is 0 Å². The Kier molecular flexibility index (Phi) is 4.17. The van der Waals surface area contributed by atoms with Gasteiger partial charge in [-0.2, -0.15) is 0 Å². The first-order valence-corrected chi connectivity index (χ1v) is 6.89. The molecule has 0 saturated carbocycles. The summed E-state index contributed by atoms with van der Waals surface area (Å²) in [5, 5.41) is 9.22. The molecule has 0 bridgehead atoms. The molecule has 0 amide bonds. The van der Waals surface area contributed by atoms with Crippen molar-refractivity contribution in [2.75, 3.05) is 7.11 Å². The molecule has 0 saturated heterocycles. The first kappa shape index (κ1) is 12.6. The van der Waals surface area contributed by atoms with Gasteiger partial charge in [0.25, 0.3) is 0 Å². The van der Waals surface area contributed by atoms with E-state index in [1.165, 1.54) is 0 Å². The second kappa shape index (κ2) is 5.64. The molecule has 0 aromatic heterocycles. The minimum absolute atomic E-state index is 0.281. The van der Waals surface area contributed by atoms with Crippen LogP contribution in [0.4, 0.5) is 0 Å². The number of rotatable bonds is 3. The van der Waals surface area contributed by atoms with Gasteiger partial charge in [-0.3, -0.25) is 0 Å². The van der Waals surface area contributed by atoms with E-state index in [1.807, 2.05) is 30.3 Å². The molecule has 2 nitrogen and oxygen atoms in total. The van der Waals surface area contributed by atoms with E-state index in [-0.39, 0.29) is 5.75 Å². The Balaban J connectivity index is 2.26. The molecule has 88 valence electrons. The molecule has 2 aromatic carbocycles. The highest BCUT2D eigenvalue weighted by Gasteiger charge is 2.05. The molecule has 0 aliphatic carbocycles. The van der Waals surface area contributed by atoms with Crippen molar-refractivity contribution in [2.45, 2.75) is 9.79 Å². The topological polar surface area (TPSA) is 29.5 Å². The van der Waals surface area contributed by atoms with Crippen LogP contribution in [0.3, 0.4) is 0 Å². The smallest absolute Gasteiger partial charge is 0.133 e. The second-order valence-electron chi connectivity index (χ2n) is 3.39. The van der Waals surface area contributed by atoms with Crippen molar-refractivity contribution < 1.29 is 9.84 Å². The largest absolute Gasteiger partial charge is 0.508 e. The van der Waals surface area contributed by atoms with Gasteiger partial charge in [0.15, 0.2) is 0 Å². The summed E-state index contributed by atoms with van der Waals surface area (Å²) in [5.74, 6) is 1.15. The third-order valence-corrected chi connectivity index (χ3v) is 3.93. The van der Waals surface area contributed by atoms with Crippen LogP contribution in [0.2, 0.25) is 0 Å². The summed E-state index contributed by atoms with van der Waals surface area (Å²) < 4.78 is 6.49. The maximum Gasteiger partial charge on any atom is 0.133 e. The van der Waals surface area contributed by atoms with Crippen LogP contribution in [0, 0.1) is 3.57 Å². The number of phenols is 1. The van der Waals surface area contributed by atoms with Crippen molar-refractivity contribution in [1.29, 1.82) is 0 Å². The fourth-order valence-electron chi connectivity index (χ4n) is 1.37. The second-order valence-corrected chi connectivity index (χ2v) is 5.75. The number of phenolic OH excluding ortho intramolecular Hbond substituents is 1. The predicted octanol–water partition coefficient (Wildman–Crippen LogP) is 4.16. The zero-order valence-electron chi connectivity index (χ0n) is 9.18. The van der Waals surface area contributed by atoms with Crippen LogP contribution in [0.1, 0.15) is 0 Å². The first-order chi connectivity index (χ1) is 8.19. The SMILES string of the molecule is COc1cc(I)ccc1Sc1ccc(O)cc1. The van der Waals surface area contributed by atoms with E-state index in [0.717, 1.165) is 19.1 Å². The van der Waals surface area contributed by atoms with Crippen LogP contribution >= 0.6 is 34.4 Å². The van der Waals surface area contributed by atoms with Gasteiger partial charge in [-0.15, -0.1) is 0 Å². The molecule has 0 aliphatic rings. The Bertz CT molecular complexity index is 511. The van der Waals surface area contributed by atoms with E-state index in [0.29, 0.717) is 0 Å². The maximum absolute atomic E-state index is 9.22. The molecule has 4 heteroatoms. The standard InChI is InChI=1S/C13H11IO2S/c1-16-12-8-9(14)2-7-13(12)17-11-5-3-10(15)4-6-11/h2-8,15H,1H3. The van der Waals surface area contributed by atoms with Gasteiger partial charge in [-0.05, 0) is 65.1 Å². The van der Waals surface area contributed by atoms with Crippen molar-refractivity contribution in [3.63, 3.8) is 0 Å². The minimum Gasteiger partial charge on any atom is -0.508 e. The normalized spacial score (nSPS) is 10.2. The third-order valence-electron chi connectivity index (χ3n) is 2.19. The average Bonchev–Trinajstić information content (AvgIpc) is 2.34. The molecule has 17 heavy (non-hydrogen) atoms. The maximum atomic E-state index is 9.22. The van der Waals surface area contributed by atoms with Crippen LogP contribution in [0.5, 0.6) is 11.5 Å². The summed E-state index contributed by atoms with van der Waals surface area (Å²) >= 11 is 3.88. The lowest BCUT2D eigenvalue weighted by Crippen LogP contribution is -1.87. The first-order valence-electron chi connectivity index (χ1n) is 4.99. The van der Waals surface area contributed by atoms with Crippen molar-refractivity contribution in [3.05, 3.63) is 46.0 Å². The predicted molar refractivity (Wildman–Crippen MR) is 77.9 cm³/mol. The molecule has 0 atom stereocenters. The number of halogens is 1. The monoisotopic (exact) mass is 358 g/mol. The Morgan fingerprint density at radius 1 is 1.12 bits per heavy atom. The summed E-state index contributed by atoms with van der Waals surface area (Å²) in [6.45, 7) is 0. The van der Waals surface area contributed by atoms with Crippen molar-refractivity contribution in [1.82, 2.24) is 0 Å². The third kappa shape index (κ3) is 3.29. The van der Waals surface area contributed by atoms with Crippen molar-refractivity contribution in [2.24, 2.45) is 0 Å². The van der Waals surface area contributed by atoms with E-state index in [1.54, 1.807) is 31.0 Å². The molecule has 2 rings (SSSR count). The van der Waals surface area contributed by atoms with Crippen molar-refractivity contribution in [3.8, 4) is 11.5 Å². The highest BCUT2D eigenvalue weighted by atomic mass is 127. The minimum atomic E-state index is 0.281. The van der Waals surface area contributed by atoms with E-state index in [4.69, 9.17) is 4.74 Å². The number of hydrogen-bond donors (Lipinski definition) is 1. The van der Waals surface area contributed by atoms with E-state index in [2.05, 4.69) is 22.6 Å². The van der Waals surface area contributed by atoms with E-state index in [9.17, 15) is 5.11 Å². The van der Waals surface area contributed by atoms with Crippen LogP contribution < -0.4 is 4.74 Å². The molecule has 0 fully saturated rings. The van der Waals surface area contributed by atoms with Gasteiger partial charge in [-0.1, -0.05) is 11.8 Å². The lowest BCUT2D eigenvalue weighted by Gasteiger charge is -2.08. The molecule has 0 heterocycles. The number of ether oxygens (including phenoxy) is 1. The lowest BCUT2D eigenvalue weighted by molar-refractivity contribution is 0.404. The summed E-state index contributed by atoms with van der Waals surface area (Å²) in [7, 11) is 1.67. The molecule has 0 aliphatic heterocycles. The van der Waals surface area contributed by atoms with Gasteiger partial charge in [0.2, 0.25) is 0 Å². The fourth-order valence-corrected chi connectivity index (χ4v) is 2.73. The van der Waals surface area contributed by atoms with Gasteiger partial charge in [0.1, 0.15) is 11.5 Å². The highest BCUT2D eigenvalue weighted by molar-refractivity contribution is 14.1. The molecule has 1 N–H and O–H groups in total. The Morgan fingerprint density at radius 2 is 1.82 bits per heavy atom. The zero-order chi connectivity index (χ0) is 12.3. The Hall–Kier alpha value is -0.880. The lowest BCUT2D eigenvalue weighted by atomic mass is 10.3. The molecule has 0 spiro atoms. The quantitative estimate of drug-likeness (QED) is 0.836. The van der Waals surface area contributed by atoms with Crippen LogP contribution in [-0.2, 0) is 0 Å². The number of benzene rings is 2. The van der Waals surface area contributed by atoms with Gasteiger partial charge in [0.05, 0.1) is 12.0 Å². The number of methoxy groups -OCH3 is 1.